The number of fused-ring (bicyclic) bond motifs is 1. The van der Waals surface area contributed by atoms with Crippen LogP contribution in [0.2, 0.25) is 0 Å². The van der Waals surface area contributed by atoms with Crippen LogP contribution in [0.5, 0.6) is 5.75 Å². The second-order valence-corrected chi connectivity index (χ2v) is 8.11. The van der Waals surface area contributed by atoms with E-state index >= 15 is 0 Å². The summed E-state index contributed by atoms with van der Waals surface area (Å²) in [6, 6.07) is 4.72. The van der Waals surface area contributed by atoms with Gasteiger partial charge in [-0.2, -0.15) is 0 Å². The molecule has 0 spiro atoms. The number of nitrogens with one attached hydrogen (secondary N) is 1. The van der Waals surface area contributed by atoms with Gasteiger partial charge in [0.05, 0.1) is 30.1 Å². The minimum absolute atomic E-state index is 0.00255. The number of carbonyl (C=O) groups is 2. The predicted molar refractivity (Wildman–Crippen MR) is 116 cm³/mol. The molecule has 3 atom stereocenters. The van der Waals surface area contributed by atoms with Gasteiger partial charge in [0.15, 0.2) is 5.75 Å². The number of aromatic nitrogens is 2. The van der Waals surface area contributed by atoms with Crippen molar-refractivity contribution in [3.05, 3.63) is 48.0 Å². The minimum atomic E-state index is -0.447. The first-order valence-corrected chi connectivity index (χ1v) is 10.2. The van der Waals surface area contributed by atoms with E-state index in [0.717, 1.165) is 0 Å². The fourth-order valence-electron chi connectivity index (χ4n) is 3.52. The van der Waals surface area contributed by atoms with Crippen LogP contribution >= 0.6 is 0 Å². The highest BCUT2D eigenvalue weighted by molar-refractivity contribution is 6.06. The molecular weight excluding hydrogens is 398 g/mol. The summed E-state index contributed by atoms with van der Waals surface area (Å²) in [6.07, 6.45) is 4.06. The van der Waals surface area contributed by atoms with Gasteiger partial charge in [-0.1, -0.05) is 13.0 Å². The van der Waals surface area contributed by atoms with Gasteiger partial charge in [0.25, 0.3) is 11.8 Å². The van der Waals surface area contributed by atoms with Crippen molar-refractivity contribution in [2.75, 3.05) is 39.1 Å². The van der Waals surface area contributed by atoms with Crippen LogP contribution in [0, 0.1) is 5.92 Å². The monoisotopic (exact) mass is 427 g/mol. The number of para-hydroxylation sites is 1. The molecule has 2 heterocycles. The zero-order valence-electron chi connectivity index (χ0n) is 18.3. The number of nitrogens with zero attached hydrogens (tertiary/aromatic N) is 4. The average molecular weight is 428 g/mol. The lowest BCUT2D eigenvalue weighted by molar-refractivity contribution is 0.0365. The Kier molecular flexibility index (Phi) is 7.19. The maximum Gasteiger partial charge on any atom is 0.275 e. The van der Waals surface area contributed by atoms with Crippen LogP contribution in [-0.4, -0.2) is 82.6 Å². The smallest absolute Gasteiger partial charge is 0.275 e. The highest BCUT2D eigenvalue weighted by Crippen LogP contribution is 2.35. The van der Waals surface area contributed by atoms with Crippen LogP contribution in [-0.2, 0) is 0 Å². The highest BCUT2D eigenvalue weighted by Gasteiger charge is 2.34. The number of ether oxygens (including phenoxy) is 1. The molecule has 2 amide bonds. The number of hydrogen-bond donors (Lipinski definition) is 2. The molecular formula is C22H29N5O4. The summed E-state index contributed by atoms with van der Waals surface area (Å²) in [7, 11) is 3.91. The van der Waals surface area contributed by atoms with Crippen LogP contribution in [0.1, 0.15) is 34.7 Å². The van der Waals surface area contributed by atoms with Crippen molar-refractivity contribution >= 4 is 17.5 Å². The fourth-order valence-corrected chi connectivity index (χ4v) is 3.52. The van der Waals surface area contributed by atoms with Crippen LogP contribution in [0.3, 0.4) is 0 Å². The molecule has 2 N–H and O–H groups in total. The fraction of sp³-hybridized carbons (Fsp3) is 0.455. The normalized spacial score (nSPS) is 19.8. The van der Waals surface area contributed by atoms with Gasteiger partial charge in [0.2, 0.25) is 0 Å². The van der Waals surface area contributed by atoms with E-state index in [2.05, 4.69) is 15.3 Å². The van der Waals surface area contributed by atoms with Crippen LogP contribution < -0.4 is 10.1 Å². The second-order valence-electron chi connectivity index (χ2n) is 8.11. The van der Waals surface area contributed by atoms with Gasteiger partial charge in [-0.3, -0.25) is 14.6 Å². The van der Waals surface area contributed by atoms with E-state index in [0.29, 0.717) is 30.1 Å². The van der Waals surface area contributed by atoms with Gasteiger partial charge in [-0.05, 0) is 33.2 Å². The van der Waals surface area contributed by atoms with E-state index in [1.54, 1.807) is 23.1 Å². The SMILES string of the molecule is C[C@H](CO)N1C[C@H](C)[C@@H](CN(C)C)Oc2c(NC(=O)c3cnccn3)cccc2C1=O. The van der Waals surface area contributed by atoms with Gasteiger partial charge in [0.1, 0.15) is 11.8 Å². The molecule has 0 saturated heterocycles. The predicted octanol–water partition coefficient (Wildman–Crippen LogP) is 1.51. The summed E-state index contributed by atoms with van der Waals surface area (Å²) < 4.78 is 6.36. The van der Waals surface area contributed by atoms with Gasteiger partial charge in [0, 0.05) is 31.4 Å². The van der Waals surface area contributed by atoms with Gasteiger partial charge in [-0.15, -0.1) is 0 Å². The van der Waals surface area contributed by atoms with Crippen LogP contribution in [0.25, 0.3) is 0 Å². The Hall–Kier alpha value is -3.04. The maximum absolute atomic E-state index is 13.4. The molecule has 0 unspecified atom stereocenters. The Morgan fingerprint density at radius 1 is 1.39 bits per heavy atom. The third kappa shape index (κ3) is 5.18. The number of carbonyl (C=O) groups excluding carboxylic acids is 2. The van der Waals surface area contributed by atoms with E-state index in [9.17, 15) is 14.7 Å². The first kappa shape index (κ1) is 22.6. The number of benzene rings is 1. The number of amides is 2. The zero-order chi connectivity index (χ0) is 22.5. The van der Waals surface area contributed by atoms with Gasteiger partial charge in [-0.25, -0.2) is 4.98 Å². The Morgan fingerprint density at radius 3 is 2.81 bits per heavy atom. The van der Waals surface area contributed by atoms with Crippen molar-refractivity contribution < 1.29 is 19.4 Å². The highest BCUT2D eigenvalue weighted by atomic mass is 16.5. The van der Waals surface area contributed by atoms with Crippen molar-refractivity contribution in [3.63, 3.8) is 0 Å². The van der Waals surface area contributed by atoms with E-state index in [-0.39, 0.29) is 36.3 Å². The van der Waals surface area contributed by atoms with Crippen molar-refractivity contribution in [2.45, 2.75) is 26.0 Å². The Labute approximate surface area is 182 Å². The molecule has 0 saturated carbocycles. The third-order valence-electron chi connectivity index (χ3n) is 5.28. The zero-order valence-corrected chi connectivity index (χ0v) is 18.3. The summed E-state index contributed by atoms with van der Waals surface area (Å²) in [5.74, 6) is -0.379. The molecule has 0 fully saturated rings. The number of aliphatic hydroxyl groups excluding tert-OH is 1. The molecule has 0 aliphatic carbocycles. The lowest BCUT2D eigenvalue weighted by Crippen LogP contribution is -2.49. The van der Waals surface area contributed by atoms with Crippen molar-refractivity contribution in [1.82, 2.24) is 19.8 Å². The molecule has 9 nitrogen and oxygen atoms in total. The van der Waals surface area contributed by atoms with Crippen molar-refractivity contribution in [3.8, 4) is 5.75 Å². The number of aliphatic hydroxyl groups is 1. The molecule has 0 bridgehead atoms. The summed E-state index contributed by atoms with van der Waals surface area (Å²) in [4.78, 5) is 37.7. The molecule has 31 heavy (non-hydrogen) atoms. The van der Waals surface area contributed by atoms with E-state index < -0.39 is 5.91 Å². The summed E-state index contributed by atoms with van der Waals surface area (Å²) in [6.45, 7) is 4.77. The van der Waals surface area contributed by atoms with E-state index in [1.807, 2.05) is 32.8 Å². The molecule has 3 rings (SSSR count). The van der Waals surface area contributed by atoms with E-state index in [4.69, 9.17) is 4.74 Å². The first-order chi connectivity index (χ1) is 14.8. The second kappa shape index (κ2) is 9.84. The average Bonchev–Trinajstić information content (AvgIpc) is 2.76. The summed E-state index contributed by atoms with van der Waals surface area (Å²) in [5, 5.41) is 12.5. The number of rotatable bonds is 6. The topological polar surface area (TPSA) is 108 Å². The Morgan fingerprint density at radius 2 is 2.16 bits per heavy atom. The molecule has 1 aromatic carbocycles. The third-order valence-corrected chi connectivity index (χ3v) is 5.28. The van der Waals surface area contributed by atoms with Crippen LogP contribution in [0.15, 0.2) is 36.8 Å². The van der Waals surface area contributed by atoms with E-state index in [1.165, 1.54) is 18.6 Å². The van der Waals surface area contributed by atoms with Gasteiger partial charge < -0.3 is 25.0 Å². The standard InChI is InChI=1S/C22H29N5O4/c1-14-11-27(15(2)13-28)22(30)16-6-5-7-17(20(16)31-19(14)12-26(3)4)25-21(29)18-10-23-8-9-24-18/h5-10,14-15,19,28H,11-13H2,1-4H3,(H,25,29)/t14-,15+,19+/m0/s1. The lowest BCUT2D eigenvalue weighted by atomic mass is 9.99. The van der Waals surface area contributed by atoms with Crippen molar-refractivity contribution in [1.29, 1.82) is 0 Å². The lowest BCUT2D eigenvalue weighted by Gasteiger charge is -2.38. The number of likely N-dealkylation sites (N-methyl/N-ethyl adjacent to an activating group) is 1. The molecule has 166 valence electrons. The largest absolute Gasteiger partial charge is 0.486 e. The maximum atomic E-state index is 13.4. The molecule has 1 aliphatic heterocycles. The Balaban J connectivity index is 2.04. The summed E-state index contributed by atoms with van der Waals surface area (Å²) in [5.41, 5.74) is 0.884. The van der Waals surface area contributed by atoms with Gasteiger partial charge >= 0.3 is 0 Å². The minimum Gasteiger partial charge on any atom is -0.486 e. The Bertz CT molecular complexity index is 921. The molecule has 9 heteroatoms. The quantitative estimate of drug-likeness (QED) is 0.719. The van der Waals surface area contributed by atoms with Crippen LogP contribution in [0.4, 0.5) is 5.69 Å². The summed E-state index contributed by atoms with van der Waals surface area (Å²) >= 11 is 0. The number of hydrogen-bond acceptors (Lipinski definition) is 7. The molecule has 0 radical (unpaired) electrons. The first-order valence-electron chi connectivity index (χ1n) is 10.2. The molecule has 1 aromatic heterocycles. The van der Waals surface area contributed by atoms with Crippen molar-refractivity contribution in [2.24, 2.45) is 5.92 Å². The molecule has 1 aliphatic rings. The number of anilines is 1. The molecule has 2 aromatic rings.